The lowest BCUT2D eigenvalue weighted by molar-refractivity contribution is 0.0786. The third kappa shape index (κ3) is 3.22. The molecule has 23 heavy (non-hydrogen) atoms. The predicted octanol–water partition coefficient (Wildman–Crippen LogP) is 2.56. The highest BCUT2D eigenvalue weighted by atomic mass is 35.5. The molecule has 0 radical (unpaired) electrons. The Balaban J connectivity index is 1.77. The van der Waals surface area contributed by atoms with E-state index in [0.717, 1.165) is 25.9 Å². The molecule has 120 valence electrons. The molecular formula is C16H17ClN4O2. The lowest BCUT2D eigenvalue weighted by Gasteiger charge is -2.12. The molecule has 0 aliphatic carbocycles. The molecule has 7 heteroatoms. The lowest BCUT2D eigenvalue weighted by atomic mass is 10.2. The highest BCUT2D eigenvalue weighted by molar-refractivity contribution is 6.34. The monoisotopic (exact) mass is 332 g/mol. The number of nitrogens with zero attached hydrogens (tertiary/aromatic N) is 3. The highest BCUT2D eigenvalue weighted by Crippen LogP contribution is 2.19. The fourth-order valence-electron chi connectivity index (χ4n) is 2.60. The molecule has 1 aliphatic rings. The van der Waals surface area contributed by atoms with Crippen LogP contribution in [0.25, 0.3) is 0 Å². The van der Waals surface area contributed by atoms with Gasteiger partial charge in [0.05, 0.1) is 10.6 Å². The number of carbonyl (C=O) groups is 2. The van der Waals surface area contributed by atoms with Gasteiger partial charge >= 0.3 is 0 Å². The van der Waals surface area contributed by atoms with Crippen molar-refractivity contribution in [2.24, 2.45) is 7.05 Å². The van der Waals surface area contributed by atoms with Crippen LogP contribution in [0, 0.1) is 0 Å². The molecule has 1 fully saturated rings. The average Bonchev–Trinajstić information content (AvgIpc) is 3.18. The van der Waals surface area contributed by atoms with Crippen LogP contribution in [0.3, 0.4) is 0 Å². The van der Waals surface area contributed by atoms with Crippen molar-refractivity contribution >= 4 is 29.2 Å². The van der Waals surface area contributed by atoms with Gasteiger partial charge in [0, 0.05) is 26.2 Å². The summed E-state index contributed by atoms with van der Waals surface area (Å²) in [5.41, 5.74) is 0.714. The van der Waals surface area contributed by atoms with Gasteiger partial charge in [0.25, 0.3) is 11.8 Å². The van der Waals surface area contributed by atoms with Gasteiger partial charge in [0.1, 0.15) is 5.82 Å². The molecule has 1 aliphatic heterocycles. The van der Waals surface area contributed by atoms with Crippen molar-refractivity contribution in [3.05, 3.63) is 46.6 Å². The summed E-state index contributed by atoms with van der Waals surface area (Å²) in [7, 11) is 1.68. The van der Waals surface area contributed by atoms with Crippen molar-refractivity contribution in [2.75, 3.05) is 18.4 Å². The minimum absolute atomic E-state index is 0.101. The topological polar surface area (TPSA) is 67.2 Å². The van der Waals surface area contributed by atoms with Gasteiger partial charge in [-0.3, -0.25) is 14.3 Å². The average molecular weight is 333 g/mol. The molecule has 1 N–H and O–H groups in total. The van der Waals surface area contributed by atoms with Crippen molar-refractivity contribution in [3.63, 3.8) is 0 Å². The van der Waals surface area contributed by atoms with E-state index in [1.54, 1.807) is 42.3 Å². The third-order valence-electron chi connectivity index (χ3n) is 3.85. The molecule has 2 aromatic rings. The zero-order chi connectivity index (χ0) is 16.4. The number of aryl methyl sites for hydroxylation is 1. The van der Waals surface area contributed by atoms with E-state index in [4.69, 9.17) is 11.6 Å². The number of aromatic nitrogens is 2. The third-order valence-corrected chi connectivity index (χ3v) is 4.18. The smallest absolute Gasteiger partial charge is 0.274 e. The maximum atomic E-state index is 12.3. The summed E-state index contributed by atoms with van der Waals surface area (Å²) in [6.07, 6.45) is 2.04. The highest BCUT2D eigenvalue weighted by Gasteiger charge is 2.23. The second-order valence-corrected chi connectivity index (χ2v) is 5.88. The molecule has 1 aromatic heterocycles. The fourth-order valence-corrected chi connectivity index (χ4v) is 2.82. The Morgan fingerprint density at radius 2 is 1.91 bits per heavy atom. The first kappa shape index (κ1) is 15.6. The summed E-state index contributed by atoms with van der Waals surface area (Å²) < 4.78 is 1.48. The molecule has 0 spiro atoms. The first-order chi connectivity index (χ1) is 11.1. The van der Waals surface area contributed by atoms with E-state index in [1.807, 2.05) is 0 Å². The van der Waals surface area contributed by atoms with Crippen molar-refractivity contribution in [1.82, 2.24) is 14.7 Å². The van der Waals surface area contributed by atoms with Crippen molar-refractivity contribution in [2.45, 2.75) is 12.8 Å². The van der Waals surface area contributed by atoms with Gasteiger partial charge in [0.2, 0.25) is 0 Å². The minimum Gasteiger partial charge on any atom is -0.337 e. The Bertz CT molecular complexity index is 750. The molecule has 6 nitrogen and oxygen atoms in total. The Kier molecular flexibility index (Phi) is 4.34. The van der Waals surface area contributed by atoms with E-state index in [1.165, 1.54) is 4.68 Å². The predicted molar refractivity (Wildman–Crippen MR) is 87.8 cm³/mol. The van der Waals surface area contributed by atoms with Gasteiger partial charge in [-0.25, -0.2) is 0 Å². The van der Waals surface area contributed by atoms with Gasteiger partial charge in [0.15, 0.2) is 5.69 Å². The largest absolute Gasteiger partial charge is 0.337 e. The zero-order valence-electron chi connectivity index (χ0n) is 12.8. The molecule has 0 atom stereocenters. The number of halogens is 1. The molecule has 1 aromatic carbocycles. The van der Waals surface area contributed by atoms with Gasteiger partial charge in [-0.05, 0) is 25.0 Å². The molecule has 0 unspecified atom stereocenters. The zero-order valence-corrected chi connectivity index (χ0v) is 13.5. The SMILES string of the molecule is Cn1nc(C(=O)N2CCCC2)cc1NC(=O)c1ccccc1Cl. The van der Waals surface area contributed by atoms with E-state index in [2.05, 4.69) is 10.4 Å². The molecule has 2 amide bonds. The lowest BCUT2D eigenvalue weighted by Crippen LogP contribution is -2.28. The van der Waals surface area contributed by atoms with Crippen LogP contribution in [0.1, 0.15) is 33.7 Å². The van der Waals surface area contributed by atoms with Crippen LogP contribution in [-0.4, -0.2) is 39.6 Å². The second-order valence-electron chi connectivity index (χ2n) is 5.47. The van der Waals surface area contributed by atoms with Gasteiger partial charge in [-0.2, -0.15) is 5.10 Å². The van der Waals surface area contributed by atoms with Crippen molar-refractivity contribution in [1.29, 1.82) is 0 Å². The summed E-state index contributed by atoms with van der Waals surface area (Å²) in [5, 5.41) is 7.32. The normalized spacial score (nSPS) is 14.1. The Morgan fingerprint density at radius 1 is 1.22 bits per heavy atom. The molecule has 0 saturated carbocycles. The second kappa shape index (κ2) is 6.42. The quantitative estimate of drug-likeness (QED) is 0.939. The summed E-state index contributed by atoms with van der Waals surface area (Å²) in [6.45, 7) is 1.52. The fraction of sp³-hybridized carbons (Fsp3) is 0.312. The molecule has 0 bridgehead atoms. The maximum absolute atomic E-state index is 12.3. The molecular weight excluding hydrogens is 316 g/mol. The van der Waals surface area contributed by atoms with E-state index >= 15 is 0 Å². The number of likely N-dealkylation sites (tertiary alicyclic amines) is 1. The van der Waals surface area contributed by atoms with Crippen LogP contribution in [0.15, 0.2) is 30.3 Å². The first-order valence-electron chi connectivity index (χ1n) is 7.45. The van der Waals surface area contributed by atoms with Crippen LogP contribution in [0.2, 0.25) is 5.02 Å². The van der Waals surface area contributed by atoms with Crippen LogP contribution < -0.4 is 5.32 Å². The van der Waals surface area contributed by atoms with Crippen LogP contribution in [-0.2, 0) is 7.05 Å². The van der Waals surface area contributed by atoms with Gasteiger partial charge < -0.3 is 10.2 Å². The number of anilines is 1. The summed E-state index contributed by atoms with van der Waals surface area (Å²) >= 11 is 6.02. The van der Waals surface area contributed by atoms with E-state index in [9.17, 15) is 9.59 Å². The van der Waals surface area contributed by atoms with E-state index in [0.29, 0.717) is 22.1 Å². The Hall–Kier alpha value is -2.34. The van der Waals surface area contributed by atoms with Gasteiger partial charge in [-0.15, -0.1) is 0 Å². The van der Waals surface area contributed by atoms with Crippen LogP contribution in [0.5, 0.6) is 0 Å². The number of hydrogen-bond acceptors (Lipinski definition) is 3. The molecule has 1 saturated heterocycles. The van der Waals surface area contributed by atoms with Crippen LogP contribution >= 0.6 is 11.6 Å². The number of carbonyl (C=O) groups excluding carboxylic acids is 2. The van der Waals surface area contributed by atoms with Crippen molar-refractivity contribution < 1.29 is 9.59 Å². The number of benzene rings is 1. The maximum Gasteiger partial charge on any atom is 0.274 e. The van der Waals surface area contributed by atoms with E-state index < -0.39 is 0 Å². The number of hydrogen-bond donors (Lipinski definition) is 1. The first-order valence-corrected chi connectivity index (χ1v) is 7.83. The number of rotatable bonds is 3. The van der Waals surface area contributed by atoms with Crippen LogP contribution in [0.4, 0.5) is 5.82 Å². The number of amides is 2. The Labute approximate surface area is 139 Å². The van der Waals surface area contributed by atoms with E-state index in [-0.39, 0.29) is 11.8 Å². The minimum atomic E-state index is -0.334. The Morgan fingerprint density at radius 3 is 2.61 bits per heavy atom. The summed E-state index contributed by atoms with van der Waals surface area (Å²) in [5.74, 6) is 0.0209. The standard InChI is InChI=1S/C16H17ClN4O2/c1-20-14(18-15(22)11-6-2-3-7-12(11)17)10-13(19-20)16(23)21-8-4-5-9-21/h2-3,6-7,10H,4-5,8-9H2,1H3,(H,18,22). The number of nitrogens with one attached hydrogen (secondary N) is 1. The van der Waals surface area contributed by atoms with Gasteiger partial charge in [-0.1, -0.05) is 23.7 Å². The molecule has 2 heterocycles. The molecule has 3 rings (SSSR count). The van der Waals surface area contributed by atoms with Crippen molar-refractivity contribution in [3.8, 4) is 0 Å². The summed E-state index contributed by atoms with van der Waals surface area (Å²) in [6, 6.07) is 8.39. The summed E-state index contributed by atoms with van der Waals surface area (Å²) in [4.78, 5) is 26.4.